The molecule has 94 valence electrons. The van der Waals surface area contributed by atoms with Crippen LogP contribution in [0.3, 0.4) is 0 Å². The number of rotatable bonds is 4. The number of nitrogens with one attached hydrogen (secondary N) is 1. The van der Waals surface area contributed by atoms with E-state index in [-0.39, 0.29) is 6.03 Å². The van der Waals surface area contributed by atoms with Crippen LogP contribution in [0, 0.1) is 0 Å². The third-order valence-corrected chi connectivity index (χ3v) is 3.64. The van der Waals surface area contributed by atoms with E-state index in [1.165, 1.54) is 0 Å². The van der Waals surface area contributed by atoms with Crippen molar-refractivity contribution in [2.75, 3.05) is 31.1 Å². The second-order valence-electron chi connectivity index (χ2n) is 3.95. The van der Waals surface area contributed by atoms with Crippen molar-refractivity contribution in [2.24, 2.45) is 0 Å². The number of urea groups is 1. The summed E-state index contributed by atoms with van der Waals surface area (Å²) >= 11 is 1.91. The van der Waals surface area contributed by atoms with E-state index in [0.717, 1.165) is 37.6 Å². The van der Waals surface area contributed by atoms with E-state index in [9.17, 15) is 4.79 Å². The van der Waals surface area contributed by atoms with Gasteiger partial charge in [-0.3, -0.25) is 4.68 Å². The third-order valence-electron chi connectivity index (χ3n) is 2.70. The summed E-state index contributed by atoms with van der Waals surface area (Å²) < 4.78 is 1.88. The van der Waals surface area contributed by atoms with E-state index in [1.54, 1.807) is 6.20 Å². The summed E-state index contributed by atoms with van der Waals surface area (Å²) in [6.07, 6.45) is 4.61. The van der Waals surface area contributed by atoms with Gasteiger partial charge in [0.2, 0.25) is 0 Å². The molecule has 1 saturated heterocycles. The molecule has 0 spiro atoms. The minimum Gasteiger partial charge on any atom is -0.338 e. The number of hydrogen-bond donors (Lipinski definition) is 1. The van der Waals surface area contributed by atoms with Crippen molar-refractivity contribution in [1.82, 2.24) is 20.0 Å². The molecule has 2 rings (SSSR count). The van der Waals surface area contributed by atoms with Gasteiger partial charge in [0, 0.05) is 50.1 Å². The molecule has 1 N–H and O–H groups in total. The summed E-state index contributed by atoms with van der Waals surface area (Å²) in [7, 11) is 0. The molecular weight excluding hydrogens is 236 g/mol. The SMILES string of the molecule is O=C(NCCCn1cccn1)N1CCSCC1. The molecule has 1 aromatic heterocycles. The quantitative estimate of drug-likeness (QED) is 0.817. The Kier molecular flexibility index (Phi) is 4.73. The predicted molar refractivity (Wildman–Crippen MR) is 69.1 cm³/mol. The lowest BCUT2D eigenvalue weighted by Gasteiger charge is -2.26. The Balaban J connectivity index is 1.59. The minimum atomic E-state index is 0.0748. The van der Waals surface area contributed by atoms with Gasteiger partial charge in [-0.05, 0) is 12.5 Å². The lowest BCUT2D eigenvalue weighted by molar-refractivity contribution is 0.203. The number of carbonyl (C=O) groups excluding carboxylic acids is 1. The summed E-state index contributed by atoms with van der Waals surface area (Å²) in [6, 6.07) is 1.98. The van der Waals surface area contributed by atoms with Gasteiger partial charge in [-0.15, -0.1) is 0 Å². The Morgan fingerprint density at radius 3 is 2.94 bits per heavy atom. The van der Waals surface area contributed by atoms with Crippen LogP contribution in [0.25, 0.3) is 0 Å². The smallest absolute Gasteiger partial charge is 0.317 e. The molecule has 17 heavy (non-hydrogen) atoms. The molecule has 2 amide bonds. The average Bonchev–Trinajstić information content (AvgIpc) is 2.88. The molecule has 0 radical (unpaired) electrons. The molecule has 0 aliphatic carbocycles. The number of hydrogen-bond acceptors (Lipinski definition) is 3. The number of aryl methyl sites for hydroxylation is 1. The van der Waals surface area contributed by atoms with E-state index in [4.69, 9.17) is 0 Å². The topological polar surface area (TPSA) is 50.2 Å². The highest BCUT2D eigenvalue weighted by Gasteiger charge is 2.15. The van der Waals surface area contributed by atoms with E-state index in [0.29, 0.717) is 6.54 Å². The maximum atomic E-state index is 11.7. The molecule has 0 unspecified atom stereocenters. The highest BCUT2D eigenvalue weighted by Crippen LogP contribution is 2.08. The zero-order valence-electron chi connectivity index (χ0n) is 9.84. The summed E-state index contributed by atoms with van der Waals surface area (Å²) in [6.45, 7) is 3.30. The second kappa shape index (κ2) is 6.54. The van der Waals surface area contributed by atoms with Gasteiger partial charge in [0.05, 0.1) is 0 Å². The Labute approximate surface area is 106 Å². The summed E-state index contributed by atoms with van der Waals surface area (Å²) in [4.78, 5) is 13.6. The van der Waals surface area contributed by atoms with Gasteiger partial charge in [0.25, 0.3) is 0 Å². The highest BCUT2D eigenvalue weighted by atomic mass is 32.2. The first-order valence-electron chi connectivity index (χ1n) is 5.94. The van der Waals surface area contributed by atoms with Gasteiger partial charge in [-0.1, -0.05) is 0 Å². The molecule has 1 fully saturated rings. The number of amides is 2. The van der Waals surface area contributed by atoms with E-state index >= 15 is 0 Å². The number of aromatic nitrogens is 2. The average molecular weight is 254 g/mol. The molecule has 0 aromatic carbocycles. The van der Waals surface area contributed by atoms with Crippen molar-refractivity contribution >= 4 is 17.8 Å². The summed E-state index contributed by atoms with van der Waals surface area (Å²) in [5.41, 5.74) is 0. The fourth-order valence-electron chi connectivity index (χ4n) is 1.75. The van der Waals surface area contributed by atoms with E-state index in [1.807, 2.05) is 33.6 Å². The Morgan fingerprint density at radius 2 is 2.24 bits per heavy atom. The molecule has 0 atom stereocenters. The van der Waals surface area contributed by atoms with Crippen LogP contribution in [0.15, 0.2) is 18.5 Å². The Hall–Kier alpha value is -1.17. The molecule has 0 bridgehead atoms. The van der Waals surface area contributed by atoms with Crippen molar-refractivity contribution in [3.05, 3.63) is 18.5 Å². The van der Waals surface area contributed by atoms with Gasteiger partial charge in [0.1, 0.15) is 0 Å². The summed E-state index contributed by atoms with van der Waals surface area (Å²) in [5, 5.41) is 7.06. The van der Waals surface area contributed by atoms with Crippen molar-refractivity contribution in [2.45, 2.75) is 13.0 Å². The van der Waals surface area contributed by atoms with Crippen molar-refractivity contribution in [3.8, 4) is 0 Å². The van der Waals surface area contributed by atoms with Crippen LogP contribution in [0.5, 0.6) is 0 Å². The lowest BCUT2D eigenvalue weighted by Crippen LogP contribution is -2.44. The number of thioether (sulfide) groups is 1. The molecule has 0 saturated carbocycles. The van der Waals surface area contributed by atoms with Crippen LogP contribution < -0.4 is 5.32 Å². The fourth-order valence-corrected chi connectivity index (χ4v) is 2.65. The molecular formula is C11H18N4OS. The minimum absolute atomic E-state index is 0.0748. The monoisotopic (exact) mass is 254 g/mol. The Bertz CT molecular complexity index is 335. The number of nitrogens with zero attached hydrogens (tertiary/aromatic N) is 3. The van der Waals surface area contributed by atoms with Gasteiger partial charge in [-0.25, -0.2) is 4.79 Å². The summed E-state index contributed by atoms with van der Waals surface area (Å²) in [5.74, 6) is 2.11. The lowest BCUT2D eigenvalue weighted by atomic mass is 10.4. The molecule has 1 aliphatic heterocycles. The first kappa shape index (κ1) is 12.3. The first-order valence-corrected chi connectivity index (χ1v) is 7.10. The van der Waals surface area contributed by atoms with Gasteiger partial charge < -0.3 is 10.2 Å². The van der Waals surface area contributed by atoms with Gasteiger partial charge in [0.15, 0.2) is 0 Å². The van der Waals surface area contributed by atoms with Gasteiger partial charge in [-0.2, -0.15) is 16.9 Å². The molecule has 5 nitrogen and oxygen atoms in total. The molecule has 1 aliphatic rings. The van der Waals surface area contributed by atoms with Crippen molar-refractivity contribution < 1.29 is 4.79 Å². The van der Waals surface area contributed by atoms with Crippen molar-refractivity contribution in [3.63, 3.8) is 0 Å². The third kappa shape index (κ3) is 3.96. The van der Waals surface area contributed by atoms with Crippen molar-refractivity contribution in [1.29, 1.82) is 0 Å². The molecule has 1 aromatic rings. The maximum Gasteiger partial charge on any atom is 0.317 e. The Morgan fingerprint density at radius 1 is 1.41 bits per heavy atom. The van der Waals surface area contributed by atoms with Crippen LogP contribution in [0.2, 0.25) is 0 Å². The molecule has 6 heteroatoms. The van der Waals surface area contributed by atoms with Crippen LogP contribution >= 0.6 is 11.8 Å². The molecule has 2 heterocycles. The predicted octanol–water partition coefficient (Wildman–Crippen LogP) is 1.03. The van der Waals surface area contributed by atoms with E-state index < -0.39 is 0 Å². The van der Waals surface area contributed by atoms with Crippen LogP contribution in [-0.2, 0) is 6.54 Å². The zero-order valence-corrected chi connectivity index (χ0v) is 10.7. The van der Waals surface area contributed by atoms with Crippen LogP contribution in [0.1, 0.15) is 6.42 Å². The normalized spacial score (nSPS) is 15.9. The van der Waals surface area contributed by atoms with Gasteiger partial charge >= 0.3 is 6.03 Å². The highest BCUT2D eigenvalue weighted by molar-refractivity contribution is 7.99. The van der Waals surface area contributed by atoms with Crippen LogP contribution in [-0.4, -0.2) is 51.9 Å². The maximum absolute atomic E-state index is 11.7. The fraction of sp³-hybridized carbons (Fsp3) is 0.636. The standard InChI is InChI=1S/C11H18N4OS/c16-11(14-7-9-17-10-8-14)12-3-1-5-15-6-2-4-13-15/h2,4,6H,1,3,5,7-10H2,(H,12,16). The van der Waals surface area contributed by atoms with E-state index in [2.05, 4.69) is 10.4 Å². The number of carbonyl (C=O) groups is 1. The van der Waals surface area contributed by atoms with Crippen LogP contribution in [0.4, 0.5) is 4.79 Å². The first-order chi connectivity index (χ1) is 8.36. The second-order valence-corrected chi connectivity index (χ2v) is 5.18. The zero-order chi connectivity index (χ0) is 11.9. The largest absolute Gasteiger partial charge is 0.338 e.